The number of phenols is 1. The van der Waals surface area contributed by atoms with Crippen LogP contribution in [0.1, 0.15) is 30.9 Å². The summed E-state index contributed by atoms with van der Waals surface area (Å²) in [6.45, 7) is 2.50. The van der Waals surface area contributed by atoms with Gasteiger partial charge < -0.3 is 19.8 Å². The number of likely N-dealkylation sites (tertiary alicyclic amines) is 1. The van der Waals surface area contributed by atoms with Crippen LogP contribution in [0.25, 0.3) is 0 Å². The Balaban J connectivity index is 1.73. The molecule has 27 heavy (non-hydrogen) atoms. The van der Waals surface area contributed by atoms with Crippen molar-refractivity contribution in [2.75, 3.05) is 20.2 Å². The minimum Gasteiger partial charge on any atom is -0.504 e. The maximum absolute atomic E-state index is 12.7. The second-order valence-corrected chi connectivity index (χ2v) is 9.38. The Morgan fingerprint density at radius 1 is 1.37 bits per heavy atom. The van der Waals surface area contributed by atoms with Crippen molar-refractivity contribution < 1.29 is 19.7 Å². The molecule has 2 spiro atoms. The summed E-state index contributed by atoms with van der Waals surface area (Å²) >= 11 is 0. The molecule has 1 saturated carbocycles. The van der Waals surface area contributed by atoms with Gasteiger partial charge in [0.25, 0.3) is 0 Å². The highest BCUT2D eigenvalue weighted by Crippen LogP contribution is 2.75. The average Bonchev–Trinajstić information content (AvgIpc) is 3.03. The first kappa shape index (κ1) is 16.1. The first-order chi connectivity index (χ1) is 12.9. The SMILES string of the molecule is CC(=O)[C@H]1C[C@@]23C=C[C@]1(CO)[C@@H]1Oc4c(O)ccc5c4[C@@]12CCN(C)[C@@H]3C5. The van der Waals surface area contributed by atoms with E-state index in [4.69, 9.17) is 4.74 Å². The van der Waals surface area contributed by atoms with Crippen LogP contribution < -0.4 is 4.74 Å². The van der Waals surface area contributed by atoms with Crippen LogP contribution in [-0.4, -0.2) is 53.2 Å². The summed E-state index contributed by atoms with van der Waals surface area (Å²) in [5.41, 5.74) is 1.23. The number of fused-ring (bicyclic) bond motifs is 1. The van der Waals surface area contributed by atoms with Gasteiger partial charge in [-0.05, 0) is 51.4 Å². The molecule has 142 valence electrons. The van der Waals surface area contributed by atoms with Gasteiger partial charge in [0.1, 0.15) is 11.9 Å². The summed E-state index contributed by atoms with van der Waals surface area (Å²) in [5.74, 6) is 0.642. The Labute approximate surface area is 158 Å². The van der Waals surface area contributed by atoms with Crippen molar-refractivity contribution in [2.45, 2.75) is 43.7 Å². The Morgan fingerprint density at radius 3 is 2.93 bits per heavy atom. The minimum absolute atomic E-state index is 0.110. The van der Waals surface area contributed by atoms with Crippen LogP contribution in [0.3, 0.4) is 0 Å². The molecular formula is C22H25NO4. The molecule has 4 aliphatic carbocycles. The van der Waals surface area contributed by atoms with E-state index < -0.39 is 5.41 Å². The van der Waals surface area contributed by atoms with Crippen molar-refractivity contribution in [2.24, 2.45) is 16.7 Å². The fraction of sp³-hybridized carbons (Fsp3) is 0.591. The van der Waals surface area contributed by atoms with Crippen LogP contribution in [0.15, 0.2) is 24.3 Å². The third kappa shape index (κ3) is 1.43. The molecule has 0 radical (unpaired) electrons. The summed E-state index contributed by atoms with van der Waals surface area (Å²) in [4.78, 5) is 15.1. The molecule has 0 unspecified atom stereocenters. The normalized spacial score (nSPS) is 45.5. The highest BCUT2D eigenvalue weighted by Gasteiger charge is 2.78. The number of hydrogen-bond acceptors (Lipinski definition) is 5. The first-order valence-corrected chi connectivity index (χ1v) is 9.95. The number of aliphatic hydroxyl groups excluding tert-OH is 1. The zero-order valence-corrected chi connectivity index (χ0v) is 15.7. The smallest absolute Gasteiger partial charge is 0.165 e. The number of piperidine rings is 1. The second-order valence-electron chi connectivity index (χ2n) is 9.38. The van der Waals surface area contributed by atoms with E-state index in [1.807, 2.05) is 6.07 Å². The highest BCUT2D eigenvalue weighted by molar-refractivity contribution is 5.81. The number of carbonyl (C=O) groups excluding carboxylic acids is 1. The van der Waals surface area contributed by atoms with Crippen molar-refractivity contribution in [3.63, 3.8) is 0 Å². The molecule has 0 amide bonds. The van der Waals surface area contributed by atoms with Crippen LogP contribution in [-0.2, 0) is 16.6 Å². The molecule has 1 saturated heterocycles. The van der Waals surface area contributed by atoms with Gasteiger partial charge in [-0.25, -0.2) is 0 Å². The molecule has 6 aliphatic rings. The van der Waals surface area contributed by atoms with Gasteiger partial charge >= 0.3 is 0 Å². The van der Waals surface area contributed by atoms with E-state index in [1.165, 1.54) is 5.56 Å². The van der Waals surface area contributed by atoms with Gasteiger partial charge in [0.15, 0.2) is 11.5 Å². The van der Waals surface area contributed by atoms with Crippen LogP contribution in [0.5, 0.6) is 11.5 Å². The van der Waals surface area contributed by atoms with E-state index in [0.29, 0.717) is 11.8 Å². The number of ketones is 1. The fourth-order valence-electron chi connectivity index (χ4n) is 7.65. The number of phenolic OH excluding ortho intramolecular Hbond substituents is 1. The lowest BCUT2D eigenvalue weighted by atomic mass is 9.35. The van der Waals surface area contributed by atoms with E-state index in [1.54, 1.807) is 13.0 Å². The molecule has 1 aromatic rings. The predicted molar refractivity (Wildman–Crippen MR) is 98.8 cm³/mol. The third-order valence-corrected chi connectivity index (χ3v) is 8.72. The lowest BCUT2D eigenvalue weighted by Crippen LogP contribution is -2.77. The molecule has 2 aliphatic heterocycles. The van der Waals surface area contributed by atoms with Crippen LogP contribution in [0.2, 0.25) is 0 Å². The highest BCUT2D eigenvalue weighted by atomic mass is 16.5. The lowest BCUT2D eigenvalue weighted by molar-refractivity contribution is -0.184. The molecule has 2 N–H and O–H groups in total. The summed E-state index contributed by atoms with van der Waals surface area (Å²) < 4.78 is 6.52. The van der Waals surface area contributed by atoms with Gasteiger partial charge in [0.05, 0.1) is 12.0 Å². The summed E-state index contributed by atoms with van der Waals surface area (Å²) in [6, 6.07) is 4.08. The number of nitrogens with zero attached hydrogens (tertiary/aromatic N) is 1. The predicted octanol–water partition coefficient (Wildman–Crippen LogP) is 1.79. The maximum atomic E-state index is 12.7. The van der Waals surface area contributed by atoms with Crippen molar-refractivity contribution in [1.82, 2.24) is 4.90 Å². The molecular weight excluding hydrogens is 342 g/mol. The Kier molecular flexibility index (Phi) is 2.74. The zero-order valence-electron chi connectivity index (χ0n) is 15.7. The number of hydrogen-bond donors (Lipinski definition) is 2. The molecule has 0 aromatic heterocycles. The number of rotatable bonds is 2. The lowest BCUT2D eigenvalue weighted by Gasteiger charge is -2.71. The van der Waals surface area contributed by atoms with Gasteiger partial charge in [-0.1, -0.05) is 18.2 Å². The van der Waals surface area contributed by atoms with E-state index in [9.17, 15) is 15.0 Å². The largest absolute Gasteiger partial charge is 0.504 e. The van der Waals surface area contributed by atoms with E-state index in [-0.39, 0.29) is 41.0 Å². The van der Waals surface area contributed by atoms with Crippen molar-refractivity contribution in [3.8, 4) is 11.5 Å². The number of likely N-dealkylation sites (N-methyl/N-ethyl adjacent to an activating group) is 1. The van der Waals surface area contributed by atoms with Crippen LogP contribution in [0, 0.1) is 16.7 Å². The van der Waals surface area contributed by atoms with E-state index in [0.717, 1.165) is 31.4 Å². The molecule has 6 atom stereocenters. The Morgan fingerprint density at radius 2 is 2.19 bits per heavy atom. The average molecular weight is 367 g/mol. The van der Waals surface area contributed by atoms with Crippen molar-refractivity contribution >= 4 is 5.78 Å². The number of aromatic hydroxyl groups is 1. The van der Waals surface area contributed by atoms with E-state index in [2.05, 4.69) is 24.1 Å². The molecule has 1 aromatic carbocycles. The van der Waals surface area contributed by atoms with Gasteiger partial charge in [0, 0.05) is 28.4 Å². The molecule has 5 nitrogen and oxygen atoms in total. The second kappa shape index (κ2) is 4.58. The Hall–Kier alpha value is -1.85. The van der Waals surface area contributed by atoms with Crippen molar-refractivity contribution in [1.29, 1.82) is 0 Å². The molecule has 2 fully saturated rings. The number of ether oxygens (including phenoxy) is 1. The van der Waals surface area contributed by atoms with Gasteiger partial charge in [-0.2, -0.15) is 0 Å². The van der Waals surface area contributed by atoms with Gasteiger partial charge in [0.2, 0.25) is 0 Å². The number of benzene rings is 1. The standard InChI is InChI=1S/C22H25NO4/c1-12(25)14-10-21-6-5-20(14,11-24)19-22(21)7-8-23(2)16(21)9-13-3-4-15(26)18(27-19)17(13)22/h3-6,14,16,19,24,26H,7-11H2,1-2H3/t14-,16-,19+,20-,21-,22+/m1/s1. The monoisotopic (exact) mass is 367 g/mol. The zero-order chi connectivity index (χ0) is 18.8. The molecule has 7 rings (SSSR count). The van der Waals surface area contributed by atoms with Crippen molar-refractivity contribution in [3.05, 3.63) is 35.4 Å². The summed E-state index contributed by atoms with van der Waals surface area (Å²) in [7, 11) is 2.18. The fourth-order valence-corrected chi connectivity index (χ4v) is 7.65. The first-order valence-electron chi connectivity index (χ1n) is 9.95. The quantitative estimate of drug-likeness (QED) is 0.780. The number of Topliss-reactive ketones (excluding diaryl/α,β-unsaturated/α-hetero) is 1. The number of carbonyl (C=O) groups is 1. The number of aliphatic hydroxyl groups is 1. The topological polar surface area (TPSA) is 70.0 Å². The maximum Gasteiger partial charge on any atom is 0.165 e. The molecule has 4 bridgehead atoms. The molecule has 2 heterocycles. The van der Waals surface area contributed by atoms with Crippen LogP contribution in [0.4, 0.5) is 0 Å². The molecule has 5 heteroatoms. The summed E-state index contributed by atoms with van der Waals surface area (Å²) in [5, 5.41) is 21.1. The third-order valence-electron chi connectivity index (χ3n) is 8.72. The minimum atomic E-state index is -0.714. The van der Waals surface area contributed by atoms with Crippen LogP contribution >= 0.6 is 0 Å². The van der Waals surface area contributed by atoms with E-state index >= 15 is 0 Å². The van der Waals surface area contributed by atoms with Gasteiger partial charge in [-0.15, -0.1) is 0 Å². The Bertz CT molecular complexity index is 925. The van der Waals surface area contributed by atoms with Gasteiger partial charge in [-0.3, -0.25) is 4.79 Å². The summed E-state index contributed by atoms with van der Waals surface area (Å²) in [6.07, 6.45) is 6.67.